The zero-order valence-electron chi connectivity index (χ0n) is 13.1. The first kappa shape index (κ1) is 15.3. The Morgan fingerprint density at radius 3 is 2.56 bits per heavy atom. The van der Waals surface area contributed by atoms with E-state index in [0.29, 0.717) is 11.8 Å². The molecule has 0 spiro atoms. The SMILES string of the molecule is Cc1nnc(-c2ccc3ncn(-c4ccc(OC(F)F)cc4)c3c2)o1. The summed E-state index contributed by atoms with van der Waals surface area (Å²) in [5, 5.41) is 7.85. The average Bonchev–Trinajstić information content (AvgIpc) is 3.21. The van der Waals surface area contributed by atoms with Crippen LogP contribution in [0.3, 0.4) is 0 Å². The highest BCUT2D eigenvalue weighted by atomic mass is 19.3. The van der Waals surface area contributed by atoms with Crippen molar-refractivity contribution in [1.82, 2.24) is 19.7 Å². The number of alkyl halides is 2. The second-order valence-electron chi connectivity index (χ2n) is 5.32. The topological polar surface area (TPSA) is 66.0 Å². The minimum Gasteiger partial charge on any atom is -0.435 e. The quantitative estimate of drug-likeness (QED) is 0.561. The van der Waals surface area contributed by atoms with Gasteiger partial charge in [-0.3, -0.25) is 4.57 Å². The Morgan fingerprint density at radius 1 is 1.08 bits per heavy atom. The second-order valence-corrected chi connectivity index (χ2v) is 5.32. The van der Waals surface area contributed by atoms with Gasteiger partial charge in [-0.1, -0.05) is 0 Å². The van der Waals surface area contributed by atoms with Gasteiger partial charge in [-0.05, 0) is 42.5 Å². The van der Waals surface area contributed by atoms with Gasteiger partial charge in [0.2, 0.25) is 11.8 Å². The lowest BCUT2D eigenvalue weighted by Crippen LogP contribution is -2.02. The van der Waals surface area contributed by atoms with Crippen LogP contribution >= 0.6 is 0 Å². The molecule has 2 aromatic carbocycles. The van der Waals surface area contributed by atoms with E-state index in [4.69, 9.17) is 4.42 Å². The zero-order chi connectivity index (χ0) is 17.4. The summed E-state index contributed by atoms with van der Waals surface area (Å²) in [7, 11) is 0. The van der Waals surface area contributed by atoms with Crippen molar-refractivity contribution in [2.45, 2.75) is 13.5 Å². The molecule has 0 unspecified atom stereocenters. The molecule has 126 valence electrons. The number of nitrogens with zero attached hydrogens (tertiary/aromatic N) is 4. The normalized spacial score (nSPS) is 11.4. The van der Waals surface area contributed by atoms with Gasteiger partial charge in [-0.15, -0.1) is 10.2 Å². The summed E-state index contributed by atoms with van der Waals surface area (Å²) in [6, 6.07) is 11.9. The van der Waals surface area contributed by atoms with Crippen molar-refractivity contribution in [3.05, 3.63) is 54.7 Å². The van der Waals surface area contributed by atoms with E-state index in [1.165, 1.54) is 12.1 Å². The standard InChI is InChI=1S/C17H12F2N4O2/c1-10-21-22-16(24-10)11-2-7-14-15(8-11)23(9-20-14)12-3-5-13(6-4-12)25-17(18)19/h2-9,17H,1H3. The van der Waals surface area contributed by atoms with Crippen molar-refractivity contribution in [3.8, 4) is 22.9 Å². The number of benzene rings is 2. The van der Waals surface area contributed by atoms with Gasteiger partial charge in [0.15, 0.2) is 0 Å². The Hall–Kier alpha value is -3.29. The molecular formula is C17H12F2N4O2. The lowest BCUT2D eigenvalue weighted by molar-refractivity contribution is -0.0498. The molecule has 6 nitrogen and oxygen atoms in total. The molecule has 0 bridgehead atoms. The molecule has 0 saturated carbocycles. The van der Waals surface area contributed by atoms with E-state index in [-0.39, 0.29) is 5.75 Å². The number of ether oxygens (including phenoxy) is 1. The summed E-state index contributed by atoms with van der Waals surface area (Å²) in [6.07, 6.45) is 1.66. The van der Waals surface area contributed by atoms with Gasteiger partial charge in [0, 0.05) is 18.2 Å². The molecule has 0 atom stereocenters. The number of hydrogen-bond donors (Lipinski definition) is 0. The molecule has 2 heterocycles. The fraction of sp³-hybridized carbons (Fsp3) is 0.118. The van der Waals surface area contributed by atoms with Crippen LogP contribution in [0.1, 0.15) is 5.89 Å². The van der Waals surface area contributed by atoms with Gasteiger partial charge in [0.1, 0.15) is 12.1 Å². The number of aryl methyl sites for hydroxylation is 1. The Kier molecular flexibility index (Phi) is 3.64. The molecular weight excluding hydrogens is 330 g/mol. The Balaban J connectivity index is 1.74. The molecule has 25 heavy (non-hydrogen) atoms. The third-order valence-corrected chi connectivity index (χ3v) is 3.66. The summed E-state index contributed by atoms with van der Waals surface area (Å²) >= 11 is 0. The number of halogens is 2. The molecule has 0 aliphatic rings. The number of aromatic nitrogens is 4. The van der Waals surface area contributed by atoms with Gasteiger partial charge in [0.25, 0.3) is 0 Å². The predicted molar refractivity (Wildman–Crippen MR) is 85.7 cm³/mol. The molecule has 0 aliphatic heterocycles. The third kappa shape index (κ3) is 2.93. The fourth-order valence-electron chi connectivity index (χ4n) is 2.55. The van der Waals surface area contributed by atoms with Crippen molar-refractivity contribution in [2.75, 3.05) is 0 Å². The largest absolute Gasteiger partial charge is 0.435 e. The Labute approximate surface area is 140 Å². The van der Waals surface area contributed by atoms with E-state index >= 15 is 0 Å². The maximum Gasteiger partial charge on any atom is 0.387 e. The van der Waals surface area contributed by atoms with E-state index < -0.39 is 6.61 Å². The molecule has 0 radical (unpaired) electrons. The smallest absolute Gasteiger partial charge is 0.387 e. The van der Waals surface area contributed by atoms with Crippen LogP contribution in [0.25, 0.3) is 28.2 Å². The molecule has 4 rings (SSSR count). The van der Waals surface area contributed by atoms with E-state index in [0.717, 1.165) is 22.3 Å². The highest BCUT2D eigenvalue weighted by Gasteiger charge is 2.11. The molecule has 0 saturated heterocycles. The molecule has 2 aromatic heterocycles. The van der Waals surface area contributed by atoms with Crippen LogP contribution in [0.5, 0.6) is 5.75 Å². The van der Waals surface area contributed by atoms with Crippen molar-refractivity contribution in [1.29, 1.82) is 0 Å². The van der Waals surface area contributed by atoms with Crippen molar-refractivity contribution in [3.63, 3.8) is 0 Å². The molecule has 0 amide bonds. The second kappa shape index (κ2) is 5.97. The van der Waals surface area contributed by atoms with Crippen molar-refractivity contribution in [2.24, 2.45) is 0 Å². The minimum atomic E-state index is -2.85. The number of imidazole rings is 1. The van der Waals surface area contributed by atoms with Crippen molar-refractivity contribution < 1.29 is 17.9 Å². The summed E-state index contributed by atoms with van der Waals surface area (Å²) in [5.41, 5.74) is 3.15. The summed E-state index contributed by atoms with van der Waals surface area (Å²) in [5.74, 6) is 1.01. The van der Waals surface area contributed by atoms with Gasteiger partial charge < -0.3 is 9.15 Å². The van der Waals surface area contributed by atoms with E-state index in [9.17, 15) is 8.78 Å². The van der Waals surface area contributed by atoms with Gasteiger partial charge >= 0.3 is 6.61 Å². The third-order valence-electron chi connectivity index (χ3n) is 3.66. The molecule has 8 heteroatoms. The first-order valence-corrected chi connectivity index (χ1v) is 7.43. The number of fused-ring (bicyclic) bond motifs is 1. The van der Waals surface area contributed by atoms with E-state index in [1.54, 1.807) is 25.4 Å². The number of rotatable bonds is 4. The fourth-order valence-corrected chi connectivity index (χ4v) is 2.55. The molecule has 0 fully saturated rings. The van der Waals surface area contributed by atoms with Crippen molar-refractivity contribution >= 4 is 11.0 Å². The highest BCUT2D eigenvalue weighted by Crippen LogP contribution is 2.26. The van der Waals surface area contributed by atoms with E-state index in [2.05, 4.69) is 19.9 Å². The highest BCUT2D eigenvalue weighted by molar-refractivity contribution is 5.82. The Bertz CT molecular complexity index is 1020. The maximum absolute atomic E-state index is 12.3. The minimum absolute atomic E-state index is 0.102. The van der Waals surface area contributed by atoms with Crippen LogP contribution in [0.15, 0.2) is 53.2 Å². The first-order valence-electron chi connectivity index (χ1n) is 7.43. The van der Waals surface area contributed by atoms with Crippen LogP contribution in [0.2, 0.25) is 0 Å². The first-order chi connectivity index (χ1) is 12.1. The zero-order valence-corrected chi connectivity index (χ0v) is 13.1. The Morgan fingerprint density at radius 2 is 1.88 bits per heavy atom. The van der Waals surface area contributed by atoms with Crippen LogP contribution < -0.4 is 4.74 Å². The van der Waals surface area contributed by atoms with Gasteiger partial charge in [0.05, 0.1) is 11.0 Å². The van der Waals surface area contributed by atoms with E-state index in [1.807, 2.05) is 22.8 Å². The van der Waals surface area contributed by atoms with Crippen LogP contribution in [0.4, 0.5) is 8.78 Å². The molecule has 0 N–H and O–H groups in total. The molecule has 4 aromatic rings. The number of hydrogen-bond acceptors (Lipinski definition) is 5. The van der Waals surface area contributed by atoms with Gasteiger partial charge in [-0.2, -0.15) is 8.78 Å². The predicted octanol–water partition coefficient (Wildman–Crippen LogP) is 3.99. The summed E-state index contributed by atoms with van der Waals surface area (Å²) < 4.78 is 36.2. The maximum atomic E-state index is 12.3. The molecule has 0 aliphatic carbocycles. The monoisotopic (exact) mass is 342 g/mol. The van der Waals surface area contributed by atoms with Crippen LogP contribution in [-0.2, 0) is 0 Å². The van der Waals surface area contributed by atoms with Gasteiger partial charge in [-0.25, -0.2) is 4.98 Å². The summed E-state index contributed by atoms with van der Waals surface area (Å²) in [4.78, 5) is 4.35. The van der Waals surface area contributed by atoms with Crippen LogP contribution in [-0.4, -0.2) is 26.4 Å². The lowest BCUT2D eigenvalue weighted by Gasteiger charge is -2.07. The van der Waals surface area contributed by atoms with Crippen LogP contribution in [0, 0.1) is 6.92 Å². The lowest BCUT2D eigenvalue weighted by atomic mass is 10.2. The summed E-state index contributed by atoms with van der Waals surface area (Å²) in [6.45, 7) is -1.12. The average molecular weight is 342 g/mol.